The zero-order valence-corrected chi connectivity index (χ0v) is 19.3. The number of aromatic nitrogens is 1. The average Bonchev–Trinajstić information content (AvgIpc) is 3.48. The zero-order valence-electron chi connectivity index (χ0n) is 17.7. The van der Waals surface area contributed by atoms with Gasteiger partial charge >= 0.3 is 0 Å². The minimum atomic E-state index is -0.815. The Labute approximate surface area is 195 Å². The van der Waals surface area contributed by atoms with Crippen molar-refractivity contribution in [2.45, 2.75) is 30.2 Å². The summed E-state index contributed by atoms with van der Waals surface area (Å²) in [4.78, 5) is 7.92. The van der Waals surface area contributed by atoms with Crippen molar-refractivity contribution in [3.05, 3.63) is 46.9 Å². The van der Waals surface area contributed by atoms with Crippen molar-refractivity contribution in [2.75, 3.05) is 42.9 Å². The van der Waals surface area contributed by atoms with Gasteiger partial charge in [0.25, 0.3) is 0 Å². The van der Waals surface area contributed by atoms with Crippen LogP contribution in [-0.4, -0.2) is 54.3 Å². The number of aliphatic hydroxyl groups excluding tert-OH is 1. The molecule has 1 aliphatic carbocycles. The first kappa shape index (κ1) is 23.5. The molecule has 1 saturated carbocycles. The van der Waals surface area contributed by atoms with Gasteiger partial charge in [0.1, 0.15) is 21.6 Å². The molecule has 2 bridgehead atoms. The Morgan fingerprint density at radius 1 is 1.22 bits per heavy atom. The molecular weight excluding hydrogens is 461 g/mol. The van der Waals surface area contributed by atoms with Crippen LogP contribution in [0.1, 0.15) is 19.3 Å². The third-order valence-electron chi connectivity index (χ3n) is 6.41. The first-order chi connectivity index (χ1) is 15.5. The Kier molecular flexibility index (Phi) is 7.39. The molecule has 32 heavy (non-hydrogen) atoms. The van der Waals surface area contributed by atoms with E-state index in [9.17, 15) is 13.2 Å². The predicted molar refractivity (Wildman–Crippen MR) is 122 cm³/mol. The largest absolute Gasteiger partial charge is 0.400 e. The quantitative estimate of drug-likeness (QED) is 0.347. The third-order valence-corrected chi connectivity index (χ3v) is 7.66. The van der Waals surface area contributed by atoms with Gasteiger partial charge in [-0.3, -0.25) is 4.90 Å². The van der Waals surface area contributed by atoms with Crippen molar-refractivity contribution >= 4 is 35.1 Å². The highest BCUT2D eigenvalue weighted by Crippen LogP contribution is 2.42. The molecular formula is C22H26ClF3N4OS. The fourth-order valence-corrected chi connectivity index (χ4v) is 5.84. The van der Waals surface area contributed by atoms with E-state index in [1.165, 1.54) is 43.7 Å². The summed E-state index contributed by atoms with van der Waals surface area (Å²) < 4.78 is 45.4. The van der Waals surface area contributed by atoms with Crippen LogP contribution in [0, 0.1) is 29.4 Å². The van der Waals surface area contributed by atoms with E-state index in [1.807, 2.05) is 4.90 Å². The Balaban J connectivity index is 0.00000119. The molecule has 0 amide bonds. The number of aliphatic hydroxyl groups is 1. The lowest BCUT2D eigenvalue weighted by molar-refractivity contribution is 0.220. The van der Waals surface area contributed by atoms with E-state index in [1.54, 1.807) is 0 Å². The summed E-state index contributed by atoms with van der Waals surface area (Å²) in [6.45, 7) is 3.75. The highest BCUT2D eigenvalue weighted by molar-refractivity contribution is 8.00. The molecule has 6 rings (SSSR count). The second-order valence-corrected chi connectivity index (χ2v) is 9.62. The lowest BCUT2D eigenvalue weighted by Crippen LogP contribution is -2.34. The van der Waals surface area contributed by atoms with E-state index < -0.39 is 17.6 Å². The lowest BCUT2D eigenvalue weighted by atomic mass is 9.86. The molecule has 1 aromatic carbocycles. The van der Waals surface area contributed by atoms with Crippen LogP contribution in [-0.2, 0) is 0 Å². The van der Waals surface area contributed by atoms with E-state index >= 15 is 0 Å². The number of hydrogen-bond donors (Lipinski definition) is 2. The van der Waals surface area contributed by atoms with E-state index in [4.69, 9.17) is 16.7 Å². The first-order valence-corrected chi connectivity index (χ1v) is 11.8. The molecule has 10 heteroatoms. The van der Waals surface area contributed by atoms with Gasteiger partial charge in [-0.15, -0.1) is 0 Å². The minimum absolute atomic E-state index is 0.0861. The van der Waals surface area contributed by atoms with Crippen molar-refractivity contribution in [3.63, 3.8) is 0 Å². The number of anilines is 2. The topological polar surface area (TPSA) is 51.6 Å². The minimum Gasteiger partial charge on any atom is -0.400 e. The van der Waals surface area contributed by atoms with E-state index in [2.05, 4.69) is 14.6 Å². The molecule has 1 unspecified atom stereocenters. The van der Waals surface area contributed by atoms with Crippen LogP contribution >= 0.6 is 23.5 Å². The fourth-order valence-electron chi connectivity index (χ4n) is 4.84. The molecule has 1 aromatic heterocycles. The van der Waals surface area contributed by atoms with Crippen molar-refractivity contribution < 1.29 is 18.3 Å². The Hall–Kier alpha value is -1.68. The lowest BCUT2D eigenvalue weighted by Gasteiger charge is -2.28. The second-order valence-electron chi connectivity index (χ2n) is 8.43. The number of nitrogens with zero attached hydrogens (tertiary/aromatic N) is 3. The highest BCUT2D eigenvalue weighted by atomic mass is 35.5. The zero-order chi connectivity index (χ0) is 22.8. The molecule has 3 aliphatic heterocycles. The van der Waals surface area contributed by atoms with E-state index in [0.29, 0.717) is 23.6 Å². The van der Waals surface area contributed by atoms with Crippen LogP contribution in [0.2, 0.25) is 5.02 Å². The third kappa shape index (κ3) is 4.81. The molecule has 1 atom stereocenters. The van der Waals surface area contributed by atoms with Crippen LogP contribution in [0.15, 0.2) is 29.2 Å². The molecule has 174 valence electrons. The van der Waals surface area contributed by atoms with Gasteiger partial charge in [-0.25, -0.2) is 13.8 Å². The van der Waals surface area contributed by atoms with Crippen molar-refractivity contribution in [3.8, 4) is 0 Å². The number of nitrogens with one attached hydrogen (secondary N) is 1. The molecule has 0 spiro atoms. The Bertz CT molecular complexity index is 963. The van der Waals surface area contributed by atoms with Gasteiger partial charge in [-0.1, -0.05) is 17.7 Å². The van der Waals surface area contributed by atoms with Gasteiger partial charge in [0.15, 0.2) is 5.82 Å². The van der Waals surface area contributed by atoms with Crippen molar-refractivity contribution in [2.24, 2.45) is 11.8 Å². The SMILES string of the molecule is CO.Fc1cccc(NSc2c(F)cc(N3CCC(CN4CC5CC4C5)C3)c(Cl)c2F)n1. The van der Waals surface area contributed by atoms with Crippen molar-refractivity contribution in [1.82, 2.24) is 9.88 Å². The molecule has 3 saturated heterocycles. The molecule has 4 fully saturated rings. The maximum atomic E-state index is 14.9. The predicted octanol–water partition coefficient (Wildman–Crippen LogP) is 4.80. The summed E-state index contributed by atoms with van der Waals surface area (Å²) >= 11 is 6.98. The molecule has 5 nitrogen and oxygen atoms in total. The smallest absolute Gasteiger partial charge is 0.214 e. The summed E-state index contributed by atoms with van der Waals surface area (Å²) in [6.07, 6.45) is 3.66. The molecule has 4 heterocycles. The maximum Gasteiger partial charge on any atom is 0.214 e. The standard InChI is InChI=1S/C21H22ClF3N4S.CH4O/c22-19-16(28-5-4-12(9-28)10-29-11-13-6-14(29)7-13)8-15(23)21(20(19)25)30-27-18-3-1-2-17(24)26-18;1-2/h1-3,8,12-14H,4-7,9-11H2,(H,26,27);2H,1H3. The molecule has 0 radical (unpaired) electrons. The van der Waals surface area contributed by atoms with Gasteiger partial charge in [0.2, 0.25) is 5.95 Å². The van der Waals surface area contributed by atoms with Gasteiger partial charge in [0.05, 0.1) is 5.69 Å². The van der Waals surface area contributed by atoms with Crippen LogP contribution in [0.5, 0.6) is 0 Å². The van der Waals surface area contributed by atoms with Crippen LogP contribution < -0.4 is 9.62 Å². The van der Waals surface area contributed by atoms with Crippen LogP contribution in [0.3, 0.4) is 0 Å². The van der Waals surface area contributed by atoms with Crippen LogP contribution in [0.25, 0.3) is 0 Å². The number of hydrogen-bond acceptors (Lipinski definition) is 6. The second kappa shape index (κ2) is 10.1. The number of fused-ring (bicyclic) bond motifs is 1. The van der Waals surface area contributed by atoms with Gasteiger partial charge in [-0.05, 0) is 55.2 Å². The normalized spacial score (nSPS) is 24.2. The number of rotatable bonds is 6. The Morgan fingerprint density at radius 3 is 2.69 bits per heavy atom. The molecule has 2 N–H and O–H groups in total. The fraction of sp³-hybridized carbons (Fsp3) is 0.500. The van der Waals surface area contributed by atoms with Gasteiger partial charge < -0.3 is 14.7 Å². The maximum absolute atomic E-state index is 14.9. The summed E-state index contributed by atoms with van der Waals surface area (Å²) in [5.41, 5.74) is 0.396. The van der Waals surface area contributed by atoms with E-state index in [0.717, 1.165) is 45.1 Å². The van der Waals surface area contributed by atoms with Crippen LogP contribution in [0.4, 0.5) is 24.7 Å². The summed E-state index contributed by atoms with van der Waals surface area (Å²) in [7, 11) is 1.00. The highest BCUT2D eigenvalue weighted by Gasteiger charge is 2.43. The van der Waals surface area contributed by atoms with Gasteiger partial charge in [-0.2, -0.15) is 4.39 Å². The monoisotopic (exact) mass is 486 g/mol. The van der Waals surface area contributed by atoms with Gasteiger partial charge in [0, 0.05) is 45.4 Å². The molecule has 2 aromatic rings. The summed E-state index contributed by atoms with van der Waals surface area (Å²) in [5.74, 6) is -0.660. The van der Waals surface area contributed by atoms with Crippen molar-refractivity contribution in [1.29, 1.82) is 0 Å². The van der Waals surface area contributed by atoms with E-state index in [-0.39, 0.29) is 15.7 Å². The first-order valence-electron chi connectivity index (χ1n) is 10.6. The summed E-state index contributed by atoms with van der Waals surface area (Å²) in [5, 5.41) is 6.91. The number of pyridine rings is 1. The Morgan fingerprint density at radius 2 is 2.00 bits per heavy atom. The number of halogens is 4. The molecule has 4 aliphatic rings. The number of benzene rings is 1. The summed E-state index contributed by atoms with van der Waals surface area (Å²) in [6, 6.07) is 6.21. The average molecular weight is 487 g/mol.